The standard InChI is InChI=1S/C12H12BrClN2O2S/c1-8-12(19(14,17)18)9(2)16(15-8)7-10-5-3-4-6-11(10)13/h3-6H,7H2,1-2H3. The van der Waals surface area contributed by atoms with Crippen LogP contribution in [0.2, 0.25) is 0 Å². The van der Waals surface area contributed by atoms with Crippen LogP contribution in [0.15, 0.2) is 33.6 Å². The molecule has 0 radical (unpaired) electrons. The number of hydrogen-bond donors (Lipinski definition) is 0. The lowest BCUT2D eigenvalue weighted by atomic mass is 10.2. The quantitative estimate of drug-likeness (QED) is 0.787. The summed E-state index contributed by atoms with van der Waals surface area (Å²) in [5.74, 6) is 0. The molecular weight excluding hydrogens is 352 g/mol. The number of aromatic nitrogens is 2. The molecule has 0 amide bonds. The van der Waals surface area contributed by atoms with Crippen molar-refractivity contribution in [3.05, 3.63) is 45.7 Å². The summed E-state index contributed by atoms with van der Waals surface area (Å²) < 4.78 is 25.6. The molecule has 1 aromatic carbocycles. The summed E-state index contributed by atoms with van der Waals surface area (Å²) in [4.78, 5) is 0.0984. The maximum atomic E-state index is 11.5. The molecule has 0 aliphatic carbocycles. The molecule has 102 valence electrons. The summed E-state index contributed by atoms with van der Waals surface area (Å²) in [6.45, 7) is 3.82. The highest BCUT2D eigenvalue weighted by atomic mass is 79.9. The lowest BCUT2D eigenvalue weighted by molar-refractivity contribution is 0.607. The Morgan fingerprint density at radius 3 is 2.47 bits per heavy atom. The molecule has 19 heavy (non-hydrogen) atoms. The van der Waals surface area contributed by atoms with Gasteiger partial charge in [-0.25, -0.2) is 8.42 Å². The van der Waals surface area contributed by atoms with Crippen molar-refractivity contribution in [2.45, 2.75) is 25.3 Å². The Labute approximate surface area is 124 Å². The van der Waals surface area contributed by atoms with Crippen molar-refractivity contribution in [3.63, 3.8) is 0 Å². The largest absolute Gasteiger partial charge is 0.264 e. The number of halogens is 2. The minimum atomic E-state index is -3.77. The summed E-state index contributed by atoms with van der Waals surface area (Å²) in [6.07, 6.45) is 0. The molecule has 0 saturated carbocycles. The number of hydrogen-bond acceptors (Lipinski definition) is 3. The molecule has 0 unspecified atom stereocenters. The number of rotatable bonds is 3. The fourth-order valence-electron chi connectivity index (χ4n) is 1.98. The van der Waals surface area contributed by atoms with Crippen molar-refractivity contribution in [2.24, 2.45) is 0 Å². The van der Waals surface area contributed by atoms with E-state index < -0.39 is 9.05 Å². The van der Waals surface area contributed by atoms with Gasteiger partial charge in [0.15, 0.2) is 0 Å². The van der Waals surface area contributed by atoms with Crippen LogP contribution in [0.5, 0.6) is 0 Å². The molecular formula is C12H12BrClN2O2S. The summed E-state index contributed by atoms with van der Waals surface area (Å²) >= 11 is 3.46. The van der Waals surface area contributed by atoms with Gasteiger partial charge in [-0.15, -0.1) is 0 Å². The number of aryl methyl sites for hydroxylation is 1. The van der Waals surface area contributed by atoms with E-state index in [1.165, 1.54) is 0 Å². The average molecular weight is 364 g/mol. The van der Waals surface area contributed by atoms with Crippen LogP contribution >= 0.6 is 26.6 Å². The zero-order valence-corrected chi connectivity index (χ0v) is 13.6. The predicted molar refractivity (Wildman–Crippen MR) is 78.0 cm³/mol. The molecule has 7 heteroatoms. The van der Waals surface area contributed by atoms with Crippen LogP contribution in [0.1, 0.15) is 17.0 Å². The molecule has 0 aliphatic rings. The molecule has 1 aromatic heterocycles. The van der Waals surface area contributed by atoms with E-state index in [-0.39, 0.29) is 4.90 Å². The Morgan fingerprint density at radius 2 is 1.95 bits per heavy atom. The van der Waals surface area contributed by atoms with Crippen molar-refractivity contribution >= 4 is 35.7 Å². The van der Waals surface area contributed by atoms with E-state index in [2.05, 4.69) is 21.0 Å². The maximum Gasteiger partial charge on any atom is 0.264 e. The van der Waals surface area contributed by atoms with Gasteiger partial charge in [0.05, 0.1) is 17.9 Å². The van der Waals surface area contributed by atoms with Crippen LogP contribution in [0.25, 0.3) is 0 Å². The van der Waals surface area contributed by atoms with Crippen molar-refractivity contribution in [2.75, 3.05) is 0 Å². The summed E-state index contributed by atoms with van der Waals surface area (Å²) in [6, 6.07) is 7.73. The first kappa shape index (κ1) is 14.6. The summed E-state index contributed by atoms with van der Waals surface area (Å²) in [5, 5.41) is 4.25. The third-order valence-electron chi connectivity index (χ3n) is 2.84. The molecule has 1 heterocycles. The van der Waals surface area contributed by atoms with Gasteiger partial charge in [0.25, 0.3) is 9.05 Å². The molecule has 0 N–H and O–H groups in total. The fraction of sp³-hybridized carbons (Fsp3) is 0.250. The average Bonchev–Trinajstić information content (AvgIpc) is 2.56. The SMILES string of the molecule is Cc1nn(Cc2ccccc2Br)c(C)c1S(=O)(=O)Cl. The molecule has 0 fully saturated rings. The van der Waals surface area contributed by atoms with Gasteiger partial charge in [-0.2, -0.15) is 5.10 Å². The first-order chi connectivity index (χ1) is 8.80. The van der Waals surface area contributed by atoms with Gasteiger partial charge in [-0.05, 0) is 25.5 Å². The van der Waals surface area contributed by atoms with E-state index in [1.807, 2.05) is 24.3 Å². The molecule has 4 nitrogen and oxygen atoms in total. The maximum absolute atomic E-state index is 11.5. The van der Waals surface area contributed by atoms with Crippen LogP contribution in [0.4, 0.5) is 0 Å². The van der Waals surface area contributed by atoms with Gasteiger partial charge >= 0.3 is 0 Å². The Bertz CT molecular complexity index is 725. The van der Waals surface area contributed by atoms with E-state index >= 15 is 0 Å². The molecule has 0 atom stereocenters. The van der Waals surface area contributed by atoms with Crippen LogP contribution < -0.4 is 0 Å². The van der Waals surface area contributed by atoms with Gasteiger partial charge < -0.3 is 0 Å². The normalized spacial score (nSPS) is 11.8. The third-order valence-corrected chi connectivity index (χ3v) is 5.15. The van der Waals surface area contributed by atoms with Crippen LogP contribution in [-0.4, -0.2) is 18.2 Å². The van der Waals surface area contributed by atoms with Crippen molar-refractivity contribution in [1.82, 2.24) is 9.78 Å². The second-order valence-electron chi connectivity index (χ2n) is 4.19. The minimum Gasteiger partial charge on any atom is -0.264 e. The number of nitrogens with zero attached hydrogens (tertiary/aromatic N) is 2. The van der Waals surface area contributed by atoms with E-state index in [4.69, 9.17) is 10.7 Å². The molecule has 2 rings (SSSR count). The Morgan fingerprint density at radius 1 is 1.32 bits per heavy atom. The second kappa shape index (κ2) is 5.26. The van der Waals surface area contributed by atoms with E-state index in [1.54, 1.807) is 18.5 Å². The zero-order chi connectivity index (χ0) is 14.2. The Balaban J connectivity index is 2.47. The first-order valence-corrected chi connectivity index (χ1v) is 8.63. The van der Waals surface area contributed by atoms with Crippen molar-refractivity contribution < 1.29 is 8.42 Å². The molecule has 0 bridgehead atoms. The highest BCUT2D eigenvalue weighted by molar-refractivity contribution is 9.10. The van der Waals surface area contributed by atoms with Crippen LogP contribution in [0.3, 0.4) is 0 Å². The van der Waals surface area contributed by atoms with Crippen molar-refractivity contribution in [1.29, 1.82) is 0 Å². The Hall–Kier alpha value is -0.850. The van der Waals surface area contributed by atoms with Crippen molar-refractivity contribution in [3.8, 4) is 0 Å². The molecule has 2 aromatic rings. The molecule has 0 saturated heterocycles. The molecule has 0 spiro atoms. The van der Waals surface area contributed by atoms with E-state index in [9.17, 15) is 8.42 Å². The van der Waals surface area contributed by atoms with E-state index in [0.29, 0.717) is 17.9 Å². The molecule has 0 aliphatic heterocycles. The van der Waals surface area contributed by atoms with Gasteiger partial charge in [-0.3, -0.25) is 4.68 Å². The minimum absolute atomic E-state index is 0.0984. The zero-order valence-electron chi connectivity index (χ0n) is 10.4. The fourth-order valence-corrected chi connectivity index (χ4v) is 3.91. The summed E-state index contributed by atoms with van der Waals surface area (Å²) in [5.41, 5.74) is 1.98. The number of benzene rings is 1. The van der Waals surface area contributed by atoms with Gasteiger partial charge in [0, 0.05) is 15.2 Å². The third kappa shape index (κ3) is 3.01. The van der Waals surface area contributed by atoms with Crippen LogP contribution in [-0.2, 0) is 15.6 Å². The lowest BCUT2D eigenvalue weighted by Crippen LogP contribution is -2.05. The highest BCUT2D eigenvalue weighted by Crippen LogP contribution is 2.25. The second-order valence-corrected chi connectivity index (χ2v) is 7.54. The highest BCUT2D eigenvalue weighted by Gasteiger charge is 2.22. The lowest BCUT2D eigenvalue weighted by Gasteiger charge is -2.06. The Kier molecular flexibility index (Phi) is 4.03. The predicted octanol–water partition coefficient (Wildman–Crippen LogP) is 3.24. The smallest absolute Gasteiger partial charge is 0.264 e. The van der Waals surface area contributed by atoms with Crippen LogP contribution in [0, 0.1) is 13.8 Å². The van der Waals surface area contributed by atoms with Gasteiger partial charge in [0.1, 0.15) is 4.90 Å². The van der Waals surface area contributed by atoms with Gasteiger partial charge in [0.2, 0.25) is 0 Å². The summed E-state index contributed by atoms with van der Waals surface area (Å²) in [7, 11) is 1.66. The topological polar surface area (TPSA) is 52.0 Å². The van der Waals surface area contributed by atoms with Gasteiger partial charge in [-0.1, -0.05) is 34.1 Å². The monoisotopic (exact) mass is 362 g/mol. The van der Waals surface area contributed by atoms with E-state index in [0.717, 1.165) is 10.0 Å². The first-order valence-electron chi connectivity index (χ1n) is 5.53.